The van der Waals surface area contributed by atoms with Gasteiger partial charge in [0.1, 0.15) is 11.5 Å². The van der Waals surface area contributed by atoms with Crippen LogP contribution in [-0.2, 0) is 59.5 Å². The normalized spacial score (nSPS) is 35.2. The van der Waals surface area contributed by atoms with E-state index in [4.69, 9.17) is 33.2 Å². The number of hydrogen-bond donors (Lipinski definition) is 0. The smallest absolute Gasteiger partial charge is 0.339 e. The molecule has 0 aromatic heterocycles. The number of piperidine rings is 1. The van der Waals surface area contributed by atoms with Crippen LogP contribution in [0.2, 0.25) is 0 Å². The lowest BCUT2D eigenvalue weighted by atomic mass is 9.53. The number of hydrogen-bond acceptors (Lipinski definition) is 14. The molecule has 0 radical (unpaired) electrons. The molecular formula is C32H37NO12S. The molecule has 3 heterocycles. The predicted molar refractivity (Wildman–Crippen MR) is 160 cm³/mol. The van der Waals surface area contributed by atoms with Crippen molar-refractivity contribution >= 4 is 41.6 Å². The van der Waals surface area contributed by atoms with Gasteiger partial charge in [-0.05, 0) is 38.1 Å². The molecule has 2 fully saturated rings. The van der Waals surface area contributed by atoms with Gasteiger partial charge in [-0.2, -0.15) is 0 Å². The number of carbonyl (C=O) groups is 5. The van der Waals surface area contributed by atoms with Crippen molar-refractivity contribution in [1.29, 1.82) is 0 Å². The van der Waals surface area contributed by atoms with Crippen molar-refractivity contribution in [3.8, 4) is 11.5 Å². The number of methoxy groups -OCH3 is 1. The molecule has 2 bridgehead atoms. The first kappa shape index (κ1) is 32.3. The lowest BCUT2D eigenvalue weighted by Crippen LogP contribution is -2.65. The highest BCUT2D eigenvalue weighted by Crippen LogP contribution is 2.64. The van der Waals surface area contributed by atoms with Gasteiger partial charge < -0.3 is 38.1 Å². The van der Waals surface area contributed by atoms with Crippen molar-refractivity contribution in [2.45, 2.75) is 93.2 Å². The first-order valence-electron chi connectivity index (χ1n) is 15.2. The zero-order valence-electron chi connectivity index (χ0n) is 26.4. The zero-order valence-corrected chi connectivity index (χ0v) is 27.2. The molecule has 1 aromatic rings. The van der Waals surface area contributed by atoms with Crippen LogP contribution in [0.4, 0.5) is 0 Å². The molecule has 0 saturated carbocycles. The van der Waals surface area contributed by atoms with Crippen molar-refractivity contribution in [3.05, 3.63) is 35.4 Å². The average Bonchev–Trinajstić information content (AvgIpc) is 3.33. The van der Waals surface area contributed by atoms with Gasteiger partial charge in [0, 0.05) is 50.6 Å². The molecule has 10 atom stereocenters. The maximum atomic E-state index is 13.0. The Balaban J connectivity index is 1.42. The molecule has 13 nitrogen and oxygen atoms in total. The fourth-order valence-corrected chi connectivity index (χ4v) is 9.39. The largest absolute Gasteiger partial charge is 0.484 e. The number of likely N-dealkylation sites (tertiary alicyclic amines) is 1. The third-order valence-corrected chi connectivity index (χ3v) is 10.9. The van der Waals surface area contributed by atoms with Crippen LogP contribution in [-0.4, -0.2) is 103 Å². The van der Waals surface area contributed by atoms with Crippen LogP contribution >= 0.6 is 11.8 Å². The van der Waals surface area contributed by atoms with Crippen molar-refractivity contribution in [3.63, 3.8) is 0 Å². The Morgan fingerprint density at radius 2 is 1.59 bits per heavy atom. The summed E-state index contributed by atoms with van der Waals surface area (Å²) in [6, 6.07) is 4.01. The standard InChI is InChI=1S/C32H37NO12S/c1-14(34)40-21-9-7-18-13-20-19-8-10-22(29-32(19,11-12-33(20)5)23(18)24(21)44-29)46-31-28(43-17(4)37)26(42-16(3)36)25(41-15(2)35)27(45-31)30(38)39-6/h7-10,19-20,22,25-29,31H,11-13H2,1-6H3/t19?,20-,22?,25+,26+,27+,28-,29+,31+,32+/m1/s1. The quantitative estimate of drug-likeness (QED) is 0.181. The van der Waals surface area contributed by atoms with Crippen LogP contribution < -0.4 is 9.47 Å². The summed E-state index contributed by atoms with van der Waals surface area (Å²) in [5.41, 5.74) is 0.641. The Hall–Kier alpha value is -3.62. The second-order valence-electron chi connectivity index (χ2n) is 12.3. The Labute approximate surface area is 270 Å². The van der Waals surface area contributed by atoms with Gasteiger partial charge >= 0.3 is 29.8 Å². The Bertz CT molecular complexity index is 1500. The van der Waals surface area contributed by atoms with Crippen molar-refractivity contribution in [2.75, 3.05) is 20.7 Å². The molecule has 5 aliphatic rings. The summed E-state index contributed by atoms with van der Waals surface area (Å²) in [4.78, 5) is 64.2. The maximum Gasteiger partial charge on any atom is 0.339 e. The molecule has 2 saturated heterocycles. The van der Waals surface area contributed by atoms with Gasteiger partial charge in [-0.25, -0.2) is 4.79 Å². The minimum Gasteiger partial charge on any atom is -0.484 e. The molecule has 14 heteroatoms. The topological polar surface area (TPSA) is 153 Å². The van der Waals surface area contributed by atoms with Gasteiger partial charge in [0.25, 0.3) is 0 Å². The zero-order chi connectivity index (χ0) is 33.1. The van der Waals surface area contributed by atoms with E-state index in [1.165, 1.54) is 25.6 Å². The van der Waals surface area contributed by atoms with E-state index >= 15 is 0 Å². The van der Waals surface area contributed by atoms with Crippen molar-refractivity contribution in [2.24, 2.45) is 5.92 Å². The lowest BCUT2D eigenvalue weighted by Gasteiger charge is -2.57. The molecule has 2 unspecified atom stereocenters. The minimum absolute atomic E-state index is 0.107. The monoisotopic (exact) mass is 659 g/mol. The number of esters is 5. The fraction of sp³-hybridized carbons (Fsp3) is 0.594. The van der Waals surface area contributed by atoms with Gasteiger partial charge in [0.15, 0.2) is 35.9 Å². The van der Waals surface area contributed by atoms with Gasteiger partial charge in [-0.3, -0.25) is 19.2 Å². The van der Waals surface area contributed by atoms with Gasteiger partial charge in [0.05, 0.1) is 12.4 Å². The molecule has 248 valence electrons. The third-order valence-electron chi connectivity index (χ3n) is 9.49. The number of nitrogens with zero attached hydrogens (tertiary/aromatic N) is 1. The second-order valence-corrected chi connectivity index (χ2v) is 13.6. The van der Waals surface area contributed by atoms with E-state index in [0.717, 1.165) is 51.5 Å². The van der Waals surface area contributed by atoms with Crippen molar-refractivity contribution < 1.29 is 57.1 Å². The van der Waals surface area contributed by atoms with Crippen LogP contribution in [0, 0.1) is 5.92 Å². The van der Waals surface area contributed by atoms with E-state index in [2.05, 4.69) is 18.0 Å². The SMILES string of the molecule is COC(=O)[C@H]1O[C@@H](SC2C=CC3[C@H]4Cc5ccc(OC(C)=O)c6c5[C@@]3(CCN4C)[C@H]2O6)[C@H](OC(C)=O)[C@@H](OC(C)=O)[C@@H]1OC(C)=O. The van der Waals surface area contributed by atoms with Crippen LogP contribution in [0.5, 0.6) is 11.5 Å². The summed E-state index contributed by atoms with van der Waals surface area (Å²) in [7, 11) is 3.28. The fourth-order valence-electron chi connectivity index (χ4n) is 7.91. The summed E-state index contributed by atoms with van der Waals surface area (Å²) < 4.78 is 40.3. The average molecular weight is 660 g/mol. The lowest BCUT2D eigenvalue weighted by molar-refractivity contribution is -0.235. The number of ether oxygens (including phenoxy) is 7. The molecule has 2 aliphatic carbocycles. The molecule has 0 N–H and O–H groups in total. The van der Waals surface area contributed by atoms with Crippen LogP contribution in [0.15, 0.2) is 24.3 Å². The highest BCUT2D eigenvalue weighted by atomic mass is 32.2. The molecule has 0 amide bonds. The summed E-state index contributed by atoms with van der Waals surface area (Å²) >= 11 is 1.24. The first-order chi connectivity index (χ1) is 21.8. The van der Waals surface area contributed by atoms with E-state index in [-0.39, 0.29) is 12.0 Å². The van der Waals surface area contributed by atoms with Crippen molar-refractivity contribution in [1.82, 2.24) is 4.90 Å². The highest BCUT2D eigenvalue weighted by Gasteiger charge is 2.65. The number of likely N-dealkylation sites (N-methyl/N-ethyl adjacent to an activating group) is 1. The maximum absolute atomic E-state index is 13.0. The summed E-state index contributed by atoms with van der Waals surface area (Å²) in [6.45, 7) is 5.65. The first-order valence-corrected chi connectivity index (χ1v) is 16.1. The number of benzene rings is 1. The Morgan fingerprint density at radius 1 is 0.913 bits per heavy atom. The minimum atomic E-state index is -1.49. The van der Waals surface area contributed by atoms with E-state index in [0.29, 0.717) is 11.5 Å². The van der Waals surface area contributed by atoms with Crippen LogP contribution in [0.1, 0.15) is 45.2 Å². The van der Waals surface area contributed by atoms with Gasteiger partial charge in [-0.1, -0.05) is 18.2 Å². The van der Waals surface area contributed by atoms with Crippen LogP contribution in [0.25, 0.3) is 0 Å². The molecule has 3 aliphatic heterocycles. The summed E-state index contributed by atoms with van der Waals surface area (Å²) in [5, 5.41) is -0.423. The van der Waals surface area contributed by atoms with E-state index < -0.39 is 76.5 Å². The van der Waals surface area contributed by atoms with Gasteiger partial charge in [-0.15, -0.1) is 11.8 Å². The summed E-state index contributed by atoms with van der Waals surface area (Å²) in [6.07, 6.45) is -0.236. The highest BCUT2D eigenvalue weighted by molar-refractivity contribution is 8.00. The molecule has 1 spiro atoms. The summed E-state index contributed by atoms with van der Waals surface area (Å²) in [5.74, 6) is -2.52. The predicted octanol–water partition coefficient (Wildman–Crippen LogP) is 1.85. The molecule has 46 heavy (non-hydrogen) atoms. The number of rotatable bonds is 7. The second kappa shape index (κ2) is 12.2. The van der Waals surface area contributed by atoms with E-state index in [1.807, 2.05) is 12.1 Å². The third kappa shape index (κ3) is 5.33. The molecule has 6 rings (SSSR count). The molecule has 1 aromatic carbocycles. The van der Waals surface area contributed by atoms with E-state index in [9.17, 15) is 24.0 Å². The number of carbonyl (C=O) groups excluding carboxylic acids is 5. The van der Waals surface area contributed by atoms with Gasteiger partial charge in [0.2, 0.25) is 0 Å². The molecular weight excluding hydrogens is 622 g/mol. The van der Waals surface area contributed by atoms with Crippen LogP contribution in [0.3, 0.4) is 0 Å². The Kier molecular flexibility index (Phi) is 8.57. The Morgan fingerprint density at radius 3 is 2.24 bits per heavy atom. The van der Waals surface area contributed by atoms with E-state index in [1.54, 1.807) is 6.07 Å². The number of thioether (sulfide) groups is 1.